The molecule has 1 heterocycles. The van der Waals surface area contributed by atoms with E-state index in [1.165, 1.54) is 12.1 Å². The molecule has 1 aromatic carbocycles. The Morgan fingerprint density at radius 3 is 2.11 bits per heavy atom. The predicted octanol–water partition coefficient (Wildman–Crippen LogP) is 1.40. The molecule has 0 saturated heterocycles. The summed E-state index contributed by atoms with van der Waals surface area (Å²) in [6.45, 7) is 0. The van der Waals surface area contributed by atoms with Gasteiger partial charge in [-0.3, -0.25) is 0 Å². The van der Waals surface area contributed by atoms with Gasteiger partial charge in [-0.25, -0.2) is 0 Å². The first-order chi connectivity index (χ1) is 4.47. The maximum absolute atomic E-state index is 2.25. The highest BCUT2D eigenvalue weighted by molar-refractivity contribution is 6.36. The van der Waals surface area contributed by atoms with Crippen molar-refractivity contribution in [3.63, 3.8) is 0 Å². The first kappa shape index (κ1) is 5.24. The highest BCUT2D eigenvalue weighted by Gasteiger charge is 2.08. The van der Waals surface area contributed by atoms with E-state index in [1.54, 1.807) is 11.1 Å². The fourth-order valence-electron chi connectivity index (χ4n) is 1.23. The van der Waals surface area contributed by atoms with Gasteiger partial charge in [0.15, 0.2) is 0 Å². The second-order valence-corrected chi connectivity index (χ2v) is 3.58. The van der Waals surface area contributed by atoms with Crippen molar-refractivity contribution in [1.82, 2.24) is 0 Å². The molecule has 1 aromatic rings. The molecule has 0 nitrogen and oxygen atoms in total. The maximum atomic E-state index is 2.25. The third-order valence-corrected chi connectivity index (χ3v) is 3.01. The molecule has 0 aromatic heterocycles. The lowest BCUT2D eigenvalue weighted by atomic mass is 10.1. The molecule has 0 atom stereocenters. The zero-order valence-corrected chi connectivity index (χ0v) is 6.22. The summed E-state index contributed by atoms with van der Waals surface area (Å²) in [5.41, 5.74) is 3.16. The highest BCUT2D eigenvalue weighted by Crippen LogP contribution is 2.15. The molecule has 0 aliphatic carbocycles. The topological polar surface area (TPSA) is 0 Å². The highest BCUT2D eigenvalue weighted by atomic mass is 28.2. The van der Waals surface area contributed by atoms with Crippen LogP contribution < -0.4 is 0 Å². The SMILES string of the molecule is c1ccc2c(c1)C[Si]C2. The van der Waals surface area contributed by atoms with Gasteiger partial charge in [0, 0.05) is 9.52 Å². The normalized spacial score (nSPS) is 15.6. The molecule has 0 amide bonds. The summed E-state index contributed by atoms with van der Waals surface area (Å²) >= 11 is 0. The van der Waals surface area contributed by atoms with Crippen LogP contribution in [0.2, 0.25) is 0 Å². The molecule has 1 heteroatoms. The first-order valence-corrected chi connectivity index (χ1v) is 4.66. The molecule has 1 aliphatic heterocycles. The van der Waals surface area contributed by atoms with Crippen molar-refractivity contribution in [2.45, 2.75) is 12.1 Å². The zero-order chi connectivity index (χ0) is 6.10. The Kier molecular flexibility index (Phi) is 1.16. The summed E-state index contributed by atoms with van der Waals surface area (Å²) in [5.74, 6) is 0. The van der Waals surface area contributed by atoms with E-state index < -0.39 is 0 Å². The summed E-state index contributed by atoms with van der Waals surface area (Å²) in [6.07, 6.45) is 0. The summed E-state index contributed by atoms with van der Waals surface area (Å²) in [5, 5.41) is 0. The van der Waals surface area contributed by atoms with E-state index in [0.717, 1.165) is 9.52 Å². The van der Waals surface area contributed by atoms with Crippen molar-refractivity contribution in [1.29, 1.82) is 0 Å². The molecular weight excluding hydrogens is 124 g/mol. The number of fused-ring (bicyclic) bond motifs is 1. The Labute approximate surface area is 57.7 Å². The van der Waals surface area contributed by atoms with Gasteiger partial charge in [-0.15, -0.1) is 0 Å². The molecule has 0 saturated carbocycles. The molecule has 0 bridgehead atoms. The van der Waals surface area contributed by atoms with Crippen LogP contribution in [-0.2, 0) is 12.1 Å². The monoisotopic (exact) mass is 132 g/mol. The van der Waals surface area contributed by atoms with Gasteiger partial charge in [-0.2, -0.15) is 0 Å². The summed E-state index contributed by atoms with van der Waals surface area (Å²) in [4.78, 5) is 0. The lowest BCUT2D eigenvalue weighted by Crippen LogP contribution is -1.84. The third-order valence-electron chi connectivity index (χ3n) is 1.75. The van der Waals surface area contributed by atoms with E-state index in [4.69, 9.17) is 0 Å². The van der Waals surface area contributed by atoms with E-state index in [-0.39, 0.29) is 0 Å². The van der Waals surface area contributed by atoms with Gasteiger partial charge in [0.05, 0.1) is 0 Å². The van der Waals surface area contributed by atoms with Gasteiger partial charge < -0.3 is 0 Å². The molecule has 0 spiro atoms. The Morgan fingerprint density at radius 1 is 1.00 bits per heavy atom. The minimum atomic E-state index is 1.15. The van der Waals surface area contributed by atoms with Crippen molar-refractivity contribution in [2.24, 2.45) is 0 Å². The molecule has 0 unspecified atom stereocenters. The van der Waals surface area contributed by atoms with Crippen molar-refractivity contribution < 1.29 is 0 Å². The molecule has 1 aliphatic rings. The fraction of sp³-hybridized carbons (Fsp3) is 0.250. The van der Waals surface area contributed by atoms with Crippen molar-refractivity contribution in [2.75, 3.05) is 0 Å². The number of benzene rings is 1. The van der Waals surface area contributed by atoms with Gasteiger partial charge in [0.25, 0.3) is 0 Å². The second kappa shape index (κ2) is 1.99. The van der Waals surface area contributed by atoms with Crippen LogP contribution in [0.3, 0.4) is 0 Å². The van der Waals surface area contributed by atoms with E-state index in [0.29, 0.717) is 0 Å². The minimum absolute atomic E-state index is 1.15. The van der Waals surface area contributed by atoms with Crippen LogP contribution in [0.15, 0.2) is 24.3 Å². The molecule has 2 rings (SSSR count). The fourth-order valence-corrected chi connectivity index (χ4v) is 2.59. The average molecular weight is 132 g/mol. The van der Waals surface area contributed by atoms with Crippen molar-refractivity contribution in [3.05, 3.63) is 35.4 Å². The van der Waals surface area contributed by atoms with Crippen LogP contribution in [0.1, 0.15) is 11.1 Å². The van der Waals surface area contributed by atoms with Gasteiger partial charge in [0.2, 0.25) is 0 Å². The molecule has 2 radical (unpaired) electrons. The quantitative estimate of drug-likeness (QED) is 0.468. The van der Waals surface area contributed by atoms with Gasteiger partial charge in [0.1, 0.15) is 0 Å². The second-order valence-electron chi connectivity index (χ2n) is 2.37. The summed E-state index contributed by atoms with van der Waals surface area (Å²) in [6, 6.07) is 11.4. The maximum Gasteiger partial charge on any atom is 0.0478 e. The van der Waals surface area contributed by atoms with E-state index in [2.05, 4.69) is 24.3 Å². The van der Waals surface area contributed by atoms with E-state index in [9.17, 15) is 0 Å². The van der Waals surface area contributed by atoms with Gasteiger partial charge in [-0.05, 0) is 23.2 Å². The standard InChI is InChI=1S/C8H8Si/c1-2-4-8-6-9-5-7(8)3-1/h1-4H,5-6H2. The molecule has 9 heavy (non-hydrogen) atoms. The smallest absolute Gasteiger partial charge is 0.0478 e. The predicted molar refractivity (Wildman–Crippen MR) is 39.6 cm³/mol. The van der Waals surface area contributed by atoms with Crippen LogP contribution in [0.4, 0.5) is 0 Å². The van der Waals surface area contributed by atoms with Crippen LogP contribution in [-0.4, -0.2) is 9.52 Å². The summed E-state index contributed by atoms with van der Waals surface area (Å²) < 4.78 is 0. The lowest BCUT2D eigenvalue weighted by molar-refractivity contribution is 1.35. The zero-order valence-electron chi connectivity index (χ0n) is 5.22. The molecular formula is C8H8Si. The van der Waals surface area contributed by atoms with Gasteiger partial charge in [-0.1, -0.05) is 24.3 Å². The van der Waals surface area contributed by atoms with E-state index >= 15 is 0 Å². The van der Waals surface area contributed by atoms with Crippen molar-refractivity contribution >= 4 is 9.52 Å². The van der Waals surface area contributed by atoms with Gasteiger partial charge >= 0.3 is 0 Å². The molecule has 0 fully saturated rings. The van der Waals surface area contributed by atoms with Crippen LogP contribution in [0.25, 0.3) is 0 Å². The first-order valence-electron chi connectivity index (χ1n) is 3.24. The minimum Gasteiger partial charge on any atom is -0.0620 e. The molecule has 44 valence electrons. The Hall–Kier alpha value is -0.563. The van der Waals surface area contributed by atoms with Crippen LogP contribution >= 0.6 is 0 Å². The lowest BCUT2D eigenvalue weighted by Gasteiger charge is -1.93. The third kappa shape index (κ3) is 0.814. The average Bonchev–Trinajstić information content (AvgIpc) is 2.33. The number of hydrogen-bond donors (Lipinski definition) is 0. The van der Waals surface area contributed by atoms with Crippen LogP contribution in [0.5, 0.6) is 0 Å². The van der Waals surface area contributed by atoms with Crippen LogP contribution in [0, 0.1) is 0 Å². The Bertz CT molecular complexity index is 195. The Morgan fingerprint density at radius 2 is 1.56 bits per heavy atom. The molecule has 0 N–H and O–H groups in total. The van der Waals surface area contributed by atoms with E-state index in [1.807, 2.05) is 0 Å². The number of hydrogen-bond acceptors (Lipinski definition) is 0. The largest absolute Gasteiger partial charge is 0.0620 e. The number of rotatable bonds is 0. The Balaban J connectivity index is 2.54. The summed E-state index contributed by atoms with van der Waals surface area (Å²) in [7, 11) is 1.15. The van der Waals surface area contributed by atoms with Crippen molar-refractivity contribution in [3.8, 4) is 0 Å².